The van der Waals surface area contributed by atoms with Crippen molar-refractivity contribution in [3.05, 3.63) is 70.7 Å². The van der Waals surface area contributed by atoms with Gasteiger partial charge in [-0.1, -0.05) is 49.7 Å². The zero-order chi connectivity index (χ0) is 31.9. The maximum absolute atomic E-state index is 13.6. The number of allylic oxidation sites excluding steroid dienone is 6. The average Bonchev–Trinajstić information content (AvgIpc) is 3.59. The van der Waals surface area contributed by atoms with E-state index in [1.54, 1.807) is 6.08 Å². The van der Waals surface area contributed by atoms with E-state index in [0.717, 1.165) is 24.6 Å². The molecular weight excluding hydrogens is 513 g/mol. The van der Waals surface area contributed by atoms with E-state index in [1.165, 1.54) is 55.1 Å². The monoisotopic (exact) mass is 566 g/mol. The van der Waals surface area contributed by atoms with E-state index in [9.17, 15) is 4.79 Å². The zero-order valence-electron chi connectivity index (χ0n) is 27.2. The molecule has 1 aliphatic carbocycles. The number of terminal acetylenes is 1. The Morgan fingerprint density at radius 1 is 1.07 bits per heavy atom. The van der Waals surface area contributed by atoms with Gasteiger partial charge in [0.2, 0.25) is 0 Å². The van der Waals surface area contributed by atoms with Crippen LogP contribution < -0.4 is 0 Å². The number of hydrogen-bond acceptors (Lipinski definition) is 3. The van der Waals surface area contributed by atoms with E-state index in [-0.39, 0.29) is 6.71 Å². The molecule has 224 valence electrons. The van der Waals surface area contributed by atoms with Crippen molar-refractivity contribution < 1.29 is 14.4 Å². The normalized spacial score (nSPS) is 17.1. The molecule has 0 aromatic heterocycles. The largest absolute Gasteiger partial charge is 0.307 e. The molecule has 42 heavy (non-hydrogen) atoms. The third-order valence-corrected chi connectivity index (χ3v) is 8.17. The van der Waals surface area contributed by atoms with Gasteiger partial charge in [-0.25, -0.2) is 0 Å². The van der Waals surface area contributed by atoms with E-state index in [1.807, 2.05) is 45.6 Å². The molecular formula is C36H53B3O3. The van der Waals surface area contributed by atoms with E-state index in [2.05, 4.69) is 70.7 Å². The number of carbonyl (C=O) groups excluding carboxylic acids is 3. The van der Waals surface area contributed by atoms with Gasteiger partial charge in [0.25, 0.3) is 0 Å². The Balaban J connectivity index is 0.00000109. The predicted molar refractivity (Wildman–Crippen MR) is 188 cm³/mol. The Bertz CT molecular complexity index is 1060. The summed E-state index contributed by atoms with van der Waals surface area (Å²) in [6.45, 7) is 19.8. The third-order valence-electron chi connectivity index (χ3n) is 8.17. The molecule has 0 amide bonds. The Morgan fingerprint density at radius 2 is 1.67 bits per heavy atom. The van der Waals surface area contributed by atoms with Crippen molar-refractivity contribution in [3.63, 3.8) is 0 Å². The molecule has 2 fully saturated rings. The van der Waals surface area contributed by atoms with Crippen LogP contribution in [0.3, 0.4) is 0 Å². The van der Waals surface area contributed by atoms with Crippen molar-refractivity contribution in [1.82, 2.24) is 0 Å². The molecule has 6 heteroatoms. The minimum Gasteiger partial charge on any atom is -0.307 e. The first kappa shape index (κ1) is 39.1. The Labute approximate surface area is 259 Å². The summed E-state index contributed by atoms with van der Waals surface area (Å²) in [5.41, 5.74) is 5.66. The van der Waals surface area contributed by atoms with Crippen molar-refractivity contribution >= 4 is 45.4 Å². The van der Waals surface area contributed by atoms with E-state index >= 15 is 0 Å². The topological polar surface area (TPSA) is 51.2 Å². The molecule has 0 spiro atoms. The second-order valence-electron chi connectivity index (χ2n) is 10.9. The maximum atomic E-state index is 13.6. The van der Waals surface area contributed by atoms with Crippen LogP contribution in [0.15, 0.2) is 65.2 Å². The summed E-state index contributed by atoms with van der Waals surface area (Å²) in [4.78, 5) is 29.6. The summed E-state index contributed by atoms with van der Waals surface area (Å²) >= 11 is 0. The Hall–Kier alpha value is -2.93. The smallest absolute Gasteiger partial charge is 0.106 e. The molecule has 3 nitrogen and oxygen atoms in total. The van der Waals surface area contributed by atoms with Gasteiger partial charge in [-0.15, -0.1) is 0 Å². The van der Waals surface area contributed by atoms with Crippen molar-refractivity contribution in [1.29, 1.82) is 0 Å². The fraction of sp³-hybridized carbons (Fsp3) is 0.500. The summed E-state index contributed by atoms with van der Waals surface area (Å²) in [7, 11) is 0. The summed E-state index contributed by atoms with van der Waals surface area (Å²) in [5, 5.41) is 0. The molecule has 2 heterocycles. The SMILES string of the molecule is C#C/C=C\C(=C/C)C1CCB(C(=O)C2=C(C3CC3)B(C(CCC)CCC)B=C2)C1.C=O.C=O.CC.Cc1ccccc1. The third kappa shape index (κ3) is 12.5. The number of hydrogen-bond donors (Lipinski definition) is 0. The molecule has 2 aliphatic heterocycles. The van der Waals surface area contributed by atoms with Crippen LogP contribution in [0.1, 0.15) is 85.1 Å². The van der Waals surface area contributed by atoms with Gasteiger partial charge in [0.05, 0.1) is 0 Å². The van der Waals surface area contributed by atoms with Gasteiger partial charge in [-0.3, -0.25) is 0 Å². The van der Waals surface area contributed by atoms with Crippen LogP contribution in [0.2, 0.25) is 18.5 Å². The fourth-order valence-electron chi connectivity index (χ4n) is 6.24. The van der Waals surface area contributed by atoms with E-state index < -0.39 is 0 Å². The second-order valence-corrected chi connectivity index (χ2v) is 10.9. The molecule has 0 N–H and O–H groups in total. The van der Waals surface area contributed by atoms with E-state index in [0.29, 0.717) is 29.9 Å². The molecule has 0 bridgehead atoms. The average molecular weight is 566 g/mol. The van der Waals surface area contributed by atoms with Crippen molar-refractivity contribution in [2.45, 2.75) is 105 Å². The van der Waals surface area contributed by atoms with Gasteiger partial charge in [0.1, 0.15) is 13.6 Å². The molecule has 1 aromatic carbocycles. The van der Waals surface area contributed by atoms with Crippen LogP contribution in [-0.4, -0.2) is 45.4 Å². The first-order valence-electron chi connectivity index (χ1n) is 15.9. The maximum Gasteiger partial charge on any atom is 0.106 e. The van der Waals surface area contributed by atoms with Crippen molar-refractivity contribution in [2.75, 3.05) is 0 Å². The number of benzene rings is 1. The number of rotatable bonds is 10. The van der Waals surface area contributed by atoms with Gasteiger partial charge in [0.15, 0.2) is 0 Å². The Morgan fingerprint density at radius 3 is 2.12 bits per heavy atom. The van der Waals surface area contributed by atoms with Crippen LogP contribution >= 0.6 is 0 Å². The van der Waals surface area contributed by atoms with Gasteiger partial charge in [-0.2, -0.15) is 0 Å². The molecule has 1 unspecified atom stereocenters. The first-order chi connectivity index (χ1) is 20.5. The molecule has 1 aromatic rings. The fourth-order valence-corrected chi connectivity index (χ4v) is 6.24. The molecule has 4 rings (SSSR count). The summed E-state index contributed by atoms with van der Waals surface area (Å²) in [6, 6.07) is 10.3. The molecule has 0 radical (unpaired) electrons. The molecule has 1 atom stereocenters. The predicted octanol–water partition coefficient (Wildman–Crippen LogP) is 8.12. The molecule has 1 saturated carbocycles. The minimum atomic E-state index is 0.178. The van der Waals surface area contributed by atoms with Gasteiger partial charge < -0.3 is 9.59 Å². The number of aryl methyl sites for hydroxylation is 1. The molecule has 3 aliphatic rings. The van der Waals surface area contributed by atoms with Gasteiger partial charge in [0, 0.05) is 0 Å². The first-order valence-corrected chi connectivity index (χ1v) is 15.9. The minimum absolute atomic E-state index is 0.178. The Kier molecular flexibility index (Phi) is 22.0. The summed E-state index contributed by atoms with van der Waals surface area (Å²) in [5.74, 6) is 6.65. The van der Waals surface area contributed by atoms with Crippen LogP contribution in [0.25, 0.3) is 0 Å². The van der Waals surface area contributed by atoms with Crippen molar-refractivity contribution in [2.24, 2.45) is 11.8 Å². The van der Waals surface area contributed by atoms with Gasteiger partial charge in [-0.05, 0) is 6.92 Å². The summed E-state index contributed by atoms with van der Waals surface area (Å²) in [6.07, 6.45) is 22.0. The standard InChI is InChI=1S/C25H35B3O.C7H8.C2H6.2CH2O/c1-5-9-12-19(8-4)21-15-16-27(18-21)25(29)23-17-26-28(24(23)20-13-14-20)22(10-6-2)11-7-3;1-7-5-3-2-4-6-7;3*1-2/h1,8-9,12,17,20-22H,6-7,10-11,13-16,18H2,2-4H3;2-6H,1H3;1-2H3;2*1H2/b12-9-,19-8+;;;;. The van der Waals surface area contributed by atoms with Crippen LogP contribution in [0.5, 0.6) is 0 Å². The quantitative estimate of drug-likeness (QED) is 0.163. The van der Waals surface area contributed by atoms with Gasteiger partial charge >= 0.3 is 180 Å². The number of carbonyl (C=O) groups is 3. The molecule has 1 saturated heterocycles. The van der Waals surface area contributed by atoms with E-state index in [4.69, 9.17) is 16.0 Å². The van der Waals surface area contributed by atoms with Crippen LogP contribution in [-0.2, 0) is 14.4 Å². The van der Waals surface area contributed by atoms with Crippen LogP contribution in [0, 0.1) is 31.1 Å². The van der Waals surface area contributed by atoms with Crippen LogP contribution in [0.4, 0.5) is 0 Å². The zero-order valence-corrected chi connectivity index (χ0v) is 27.2. The van der Waals surface area contributed by atoms with Crippen molar-refractivity contribution in [3.8, 4) is 12.3 Å². The summed E-state index contributed by atoms with van der Waals surface area (Å²) < 4.78 is 0. The second kappa shape index (κ2) is 23.6.